The molecule has 1 unspecified atom stereocenters. The van der Waals surface area contributed by atoms with Crippen LogP contribution in [0.1, 0.15) is 258 Å². The summed E-state index contributed by atoms with van der Waals surface area (Å²) in [5.74, 6) is 0. The van der Waals surface area contributed by atoms with Crippen LogP contribution in [-0.4, -0.2) is 29.1 Å². The first-order chi connectivity index (χ1) is 23.3. The second-order valence-electron chi connectivity index (χ2n) is 15.7. The van der Waals surface area contributed by atoms with Gasteiger partial charge in [0.2, 0.25) is 0 Å². The summed E-state index contributed by atoms with van der Waals surface area (Å²) in [4.78, 5) is 5.43. The highest BCUT2D eigenvalue weighted by Gasteiger charge is 2.24. The first-order valence-electron chi connectivity index (χ1n) is 22.5. The van der Waals surface area contributed by atoms with Crippen LogP contribution in [0.15, 0.2) is 12.4 Å². The normalized spacial score (nSPS) is 14.7. The zero-order chi connectivity index (χ0) is 33.7. The number of unbranched alkanes of at least 4 members (excludes halogenated alkanes) is 33. The van der Waals surface area contributed by atoms with Crippen molar-refractivity contribution in [3.63, 3.8) is 0 Å². The maximum Gasteiger partial charge on any atom is 0.101 e. The molecule has 0 bridgehead atoms. The van der Waals surface area contributed by atoms with Crippen LogP contribution >= 0.6 is 0 Å². The Labute approximate surface area is 299 Å². The Morgan fingerprint density at radius 1 is 0.277 bits per heavy atom. The predicted molar refractivity (Wildman–Crippen MR) is 214 cm³/mol. The zero-order valence-electron chi connectivity index (χ0n) is 33.2. The third kappa shape index (κ3) is 28.8. The van der Waals surface area contributed by atoms with Gasteiger partial charge in [0.1, 0.15) is 6.17 Å². The third-order valence-corrected chi connectivity index (χ3v) is 11.1. The maximum atomic E-state index is 2.72. The largest absolute Gasteiger partial charge is 0.356 e. The molecule has 0 saturated heterocycles. The molecule has 0 N–H and O–H groups in total. The first-order valence-corrected chi connectivity index (χ1v) is 22.5. The quantitative estimate of drug-likeness (QED) is 0.0606. The Morgan fingerprint density at radius 2 is 0.489 bits per heavy atom. The predicted octanol–water partition coefficient (Wildman–Crippen LogP) is 15.9. The van der Waals surface area contributed by atoms with E-state index in [2.05, 4.69) is 43.0 Å². The maximum absolute atomic E-state index is 2.72. The summed E-state index contributed by atoms with van der Waals surface area (Å²) in [5, 5.41) is 0. The van der Waals surface area contributed by atoms with Crippen LogP contribution in [0.5, 0.6) is 0 Å². The van der Waals surface area contributed by atoms with Crippen molar-refractivity contribution in [3.8, 4) is 0 Å². The van der Waals surface area contributed by atoms with Crippen molar-refractivity contribution in [2.75, 3.05) is 13.1 Å². The molecule has 0 fully saturated rings. The Balaban J connectivity index is 2.10. The van der Waals surface area contributed by atoms with Gasteiger partial charge in [-0.25, -0.2) is 0 Å². The van der Waals surface area contributed by atoms with Gasteiger partial charge in [0.05, 0.1) is 0 Å². The van der Waals surface area contributed by atoms with Crippen LogP contribution < -0.4 is 0 Å². The lowest BCUT2D eigenvalue weighted by Crippen LogP contribution is -2.39. The van der Waals surface area contributed by atoms with Crippen molar-refractivity contribution in [1.82, 2.24) is 9.80 Å². The summed E-state index contributed by atoms with van der Waals surface area (Å²) in [6.07, 6.45) is 58.9. The van der Waals surface area contributed by atoms with E-state index >= 15 is 0 Å². The van der Waals surface area contributed by atoms with Gasteiger partial charge in [0.15, 0.2) is 0 Å². The third-order valence-electron chi connectivity index (χ3n) is 11.1. The van der Waals surface area contributed by atoms with Crippen LogP contribution in [0, 0.1) is 0 Å². The van der Waals surface area contributed by atoms with Crippen LogP contribution in [0.2, 0.25) is 0 Å². The first kappa shape index (κ1) is 44.4. The Kier molecular flexibility index (Phi) is 34.6. The highest BCUT2D eigenvalue weighted by Crippen LogP contribution is 2.24. The summed E-state index contributed by atoms with van der Waals surface area (Å²) in [6.45, 7) is 9.48. The minimum Gasteiger partial charge on any atom is -0.356 e. The molecule has 0 spiro atoms. The summed E-state index contributed by atoms with van der Waals surface area (Å²) >= 11 is 0. The van der Waals surface area contributed by atoms with E-state index in [9.17, 15) is 0 Å². The fourth-order valence-corrected chi connectivity index (χ4v) is 7.78. The van der Waals surface area contributed by atoms with E-state index in [4.69, 9.17) is 0 Å². The fraction of sp³-hybridized carbons (Fsp3) is 0.956. The van der Waals surface area contributed by atoms with Crippen molar-refractivity contribution in [2.45, 2.75) is 265 Å². The molecule has 1 aliphatic rings. The molecule has 0 saturated carbocycles. The van der Waals surface area contributed by atoms with E-state index in [1.165, 1.54) is 251 Å². The summed E-state index contributed by atoms with van der Waals surface area (Å²) in [6, 6.07) is 0. The molecule has 2 nitrogen and oxygen atoms in total. The molecule has 0 amide bonds. The second-order valence-corrected chi connectivity index (χ2v) is 15.7. The summed E-state index contributed by atoms with van der Waals surface area (Å²) in [7, 11) is 0. The molecule has 1 rings (SSSR count). The lowest BCUT2D eigenvalue weighted by Gasteiger charge is -2.33. The lowest BCUT2D eigenvalue weighted by atomic mass is 10.0. The van der Waals surface area contributed by atoms with Crippen molar-refractivity contribution >= 4 is 0 Å². The van der Waals surface area contributed by atoms with E-state index in [1.54, 1.807) is 0 Å². The zero-order valence-corrected chi connectivity index (χ0v) is 33.2. The standard InChI is InChI=1S/C45H90N2/c1-4-7-10-13-15-17-19-21-23-24-26-28-30-32-34-37-40-45-46(41-38-35-12-9-6-3)43-44-47(45)42-39-36-33-31-29-27-25-22-20-18-16-14-11-8-5-2/h43-45H,4-42H2,1-3H3. The van der Waals surface area contributed by atoms with Crippen molar-refractivity contribution in [2.24, 2.45) is 0 Å². The molecule has 1 heterocycles. The van der Waals surface area contributed by atoms with E-state index in [-0.39, 0.29) is 0 Å². The SMILES string of the molecule is CCCCCCCCCCCCCCCCCCC1N(CCCCCCC)C=CN1CCCCCCCCCCCCCCCCC. The summed E-state index contributed by atoms with van der Waals surface area (Å²) in [5.41, 5.74) is 0. The molecule has 0 aromatic carbocycles. The molecule has 2 heteroatoms. The number of rotatable bonds is 39. The van der Waals surface area contributed by atoms with Gasteiger partial charge in [-0.1, -0.05) is 233 Å². The van der Waals surface area contributed by atoms with Gasteiger partial charge in [-0.2, -0.15) is 0 Å². The molecule has 0 aliphatic carbocycles. The van der Waals surface area contributed by atoms with Gasteiger partial charge in [0.25, 0.3) is 0 Å². The van der Waals surface area contributed by atoms with Crippen molar-refractivity contribution in [1.29, 1.82) is 0 Å². The van der Waals surface area contributed by atoms with Crippen LogP contribution in [0.4, 0.5) is 0 Å². The Hall–Kier alpha value is -0.660. The van der Waals surface area contributed by atoms with Gasteiger partial charge in [-0.15, -0.1) is 0 Å². The molecule has 0 radical (unpaired) electrons. The topological polar surface area (TPSA) is 6.48 Å². The van der Waals surface area contributed by atoms with E-state index in [1.807, 2.05) is 0 Å². The van der Waals surface area contributed by atoms with E-state index < -0.39 is 0 Å². The van der Waals surface area contributed by atoms with Gasteiger partial charge >= 0.3 is 0 Å². The van der Waals surface area contributed by atoms with E-state index in [0.29, 0.717) is 6.17 Å². The average molecular weight is 659 g/mol. The minimum atomic E-state index is 0.638. The van der Waals surface area contributed by atoms with Crippen LogP contribution in [0.3, 0.4) is 0 Å². The molecule has 280 valence electrons. The van der Waals surface area contributed by atoms with Gasteiger partial charge in [0, 0.05) is 25.5 Å². The highest BCUT2D eigenvalue weighted by atomic mass is 15.4. The van der Waals surface area contributed by atoms with Crippen molar-refractivity contribution < 1.29 is 0 Å². The molecule has 1 atom stereocenters. The number of hydrogen-bond acceptors (Lipinski definition) is 2. The van der Waals surface area contributed by atoms with Crippen LogP contribution in [-0.2, 0) is 0 Å². The molecule has 1 aliphatic heterocycles. The molecular formula is C45H90N2. The Bertz CT molecular complexity index is 615. The number of nitrogens with zero attached hydrogens (tertiary/aromatic N) is 2. The van der Waals surface area contributed by atoms with Crippen LogP contribution in [0.25, 0.3) is 0 Å². The molecule has 0 aromatic heterocycles. The van der Waals surface area contributed by atoms with Gasteiger partial charge < -0.3 is 9.80 Å². The number of hydrogen-bond donors (Lipinski definition) is 0. The van der Waals surface area contributed by atoms with Crippen molar-refractivity contribution in [3.05, 3.63) is 12.4 Å². The smallest absolute Gasteiger partial charge is 0.101 e. The second kappa shape index (κ2) is 36.6. The minimum absolute atomic E-state index is 0.638. The van der Waals surface area contributed by atoms with Gasteiger partial charge in [-0.05, 0) is 25.7 Å². The average Bonchev–Trinajstić information content (AvgIpc) is 3.47. The van der Waals surface area contributed by atoms with Gasteiger partial charge in [-0.3, -0.25) is 0 Å². The Morgan fingerprint density at radius 3 is 0.745 bits per heavy atom. The summed E-state index contributed by atoms with van der Waals surface area (Å²) < 4.78 is 0. The lowest BCUT2D eigenvalue weighted by molar-refractivity contribution is 0.135. The molecule has 0 aromatic rings. The fourth-order valence-electron chi connectivity index (χ4n) is 7.78. The highest BCUT2D eigenvalue weighted by molar-refractivity contribution is 4.97. The molecule has 47 heavy (non-hydrogen) atoms. The van der Waals surface area contributed by atoms with E-state index in [0.717, 1.165) is 0 Å². The molecular weight excluding hydrogens is 569 g/mol. The monoisotopic (exact) mass is 659 g/mol.